The maximum Gasteiger partial charge on any atom is 0.330 e. The van der Waals surface area contributed by atoms with Crippen LogP contribution in [0.25, 0.3) is 0 Å². The van der Waals surface area contributed by atoms with Crippen LogP contribution in [0.5, 0.6) is 0 Å². The molecule has 2 fully saturated rings. The number of aryl methyl sites for hydroxylation is 1. The van der Waals surface area contributed by atoms with Gasteiger partial charge in [-0.25, -0.2) is 4.79 Å². The molecule has 2 aliphatic rings. The topological polar surface area (TPSA) is 101 Å². The zero-order valence-corrected chi connectivity index (χ0v) is 14.1. The number of H-pyrrole nitrogens is 1. The minimum atomic E-state index is -0.891. The van der Waals surface area contributed by atoms with E-state index in [1.165, 1.54) is 17.9 Å². The van der Waals surface area contributed by atoms with Gasteiger partial charge in [0.2, 0.25) is 0 Å². The molecule has 9 nitrogen and oxygen atoms in total. The molecule has 3 heterocycles. The quantitative estimate of drug-likeness (QED) is 0.763. The summed E-state index contributed by atoms with van der Waals surface area (Å²) in [6.45, 7) is 2.24. The highest BCUT2D eigenvalue weighted by Crippen LogP contribution is 2.45. The molecule has 24 heavy (non-hydrogen) atoms. The van der Waals surface area contributed by atoms with Crippen LogP contribution in [-0.4, -0.2) is 68.0 Å². The number of methoxy groups -OCH3 is 3. The summed E-state index contributed by atoms with van der Waals surface area (Å²) in [7, 11) is 4.64. The normalized spacial score (nSPS) is 35.8. The maximum absolute atomic E-state index is 12.3. The smallest absolute Gasteiger partial charge is 0.330 e. The molecule has 0 bridgehead atoms. The van der Waals surface area contributed by atoms with Crippen LogP contribution < -0.4 is 11.2 Å². The van der Waals surface area contributed by atoms with Gasteiger partial charge in [-0.15, -0.1) is 0 Å². The van der Waals surface area contributed by atoms with Crippen LogP contribution in [0.1, 0.15) is 11.8 Å². The molecule has 1 aromatic heterocycles. The lowest BCUT2D eigenvalue weighted by Crippen LogP contribution is -2.53. The fourth-order valence-corrected chi connectivity index (χ4v) is 3.55. The van der Waals surface area contributed by atoms with Crippen molar-refractivity contribution in [1.29, 1.82) is 0 Å². The zero-order valence-electron chi connectivity index (χ0n) is 14.1. The Morgan fingerprint density at radius 3 is 2.62 bits per heavy atom. The first-order chi connectivity index (χ1) is 11.5. The van der Waals surface area contributed by atoms with Crippen LogP contribution in [0.3, 0.4) is 0 Å². The molecule has 1 aromatic rings. The number of rotatable bonds is 4. The second-order valence-electron chi connectivity index (χ2n) is 6.04. The number of nitrogens with one attached hydrogen (secondary N) is 1. The second-order valence-corrected chi connectivity index (χ2v) is 6.04. The van der Waals surface area contributed by atoms with Gasteiger partial charge in [-0.2, -0.15) is 0 Å². The average molecular weight is 342 g/mol. The lowest BCUT2D eigenvalue weighted by atomic mass is 9.91. The summed E-state index contributed by atoms with van der Waals surface area (Å²) in [5, 5.41) is 0. The van der Waals surface area contributed by atoms with E-state index in [0.717, 1.165) is 0 Å². The molecule has 3 rings (SSSR count). The van der Waals surface area contributed by atoms with Crippen molar-refractivity contribution in [1.82, 2.24) is 9.55 Å². The largest absolute Gasteiger partial charge is 0.376 e. The van der Waals surface area contributed by atoms with Gasteiger partial charge >= 0.3 is 5.69 Å². The average Bonchev–Trinajstić information content (AvgIpc) is 3.11. The summed E-state index contributed by atoms with van der Waals surface area (Å²) in [5.41, 5.74) is -1.50. The van der Waals surface area contributed by atoms with Crippen LogP contribution >= 0.6 is 0 Å². The lowest BCUT2D eigenvalue weighted by molar-refractivity contribution is -0.157. The van der Waals surface area contributed by atoms with Gasteiger partial charge < -0.3 is 23.7 Å². The van der Waals surface area contributed by atoms with Gasteiger partial charge in [-0.3, -0.25) is 14.3 Å². The number of aromatic nitrogens is 2. The van der Waals surface area contributed by atoms with E-state index in [2.05, 4.69) is 4.98 Å². The first-order valence-electron chi connectivity index (χ1n) is 7.64. The summed E-state index contributed by atoms with van der Waals surface area (Å²) in [6, 6.07) is 0. The maximum atomic E-state index is 12.3. The molecule has 9 heteroatoms. The Labute approximate surface area is 138 Å². The molecule has 0 amide bonds. The summed E-state index contributed by atoms with van der Waals surface area (Å²) in [5.74, 6) is 0. The second kappa shape index (κ2) is 6.41. The standard InChI is InChI=1S/C15H22N2O7/c1-8-5-17(14(19)16-12(8)18)13-10(21-3)11(22-4)15(24-13)7-23-6-9(15)20-2/h5,9-11,13H,6-7H2,1-4H3,(H,16,18,19)/t9-,10-,11?,13+,15+/m0/s1. The number of aromatic amines is 1. The molecule has 0 aliphatic carbocycles. The summed E-state index contributed by atoms with van der Waals surface area (Å²) in [4.78, 5) is 26.2. The predicted molar refractivity (Wildman–Crippen MR) is 82.1 cm³/mol. The van der Waals surface area contributed by atoms with Crippen molar-refractivity contribution < 1.29 is 23.7 Å². The van der Waals surface area contributed by atoms with E-state index < -0.39 is 35.3 Å². The molecular weight excluding hydrogens is 320 g/mol. The van der Waals surface area contributed by atoms with E-state index in [0.29, 0.717) is 12.2 Å². The van der Waals surface area contributed by atoms with Gasteiger partial charge in [0.25, 0.3) is 5.56 Å². The zero-order chi connectivity index (χ0) is 17.5. The van der Waals surface area contributed by atoms with Gasteiger partial charge in [-0.05, 0) is 6.92 Å². The number of hydrogen-bond donors (Lipinski definition) is 1. The minimum Gasteiger partial charge on any atom is -0.376 e. The Kier molecular flexibility index (Phi) is 4.63. The summed E-state index contributed by atoms with van der Waals surface area (Å²) < 4.78 is 29.8. The molecule has 0 radical (unpaired) electrons. The molecule has 2 aliphatic heterocycles. The van der Waals surface area contributed by atoms with Crippen LogP contribution in [0.4, 0.5) is 0 Å². The van der Waals surface area contributed by atoms with E-state index in [4.69, 9.17) is 23.7 Å². The van der Waals surface area contributed by atoms with Crippen molar-refractivity contribution in [3.05, 3.63) is 32.6 Å². The predicted octanol–water partition coefficient (Wildman–Crippen LogP) is -0.812. The SMILES string of the molecule is COC1[C@H](OC)[C@H](n2cc(C)c(=O)[nH]c2=O)O[C@@]12COC[C@@H]2OC. The van der Waals surface area contributed by atoms with Crippen LogP contribution in [0.2, 0.25) is 0 Å². The molecule has 0 saturated carbocycles. The van der Waals surface area contributed by atoms with Gasteiger partial charge in [-0.1, -0.05) is 0 Å². The Balaban J connectivity index is 2.08. The van der Waals surface area contributed by atoms with Crippen molar-refractivity contribution in [2.75, 3.05) is 34.5 Å². The molecule has 1 unspecified atom stereocenters. The third kappa shape index (κ3) is 2.44. The third-order valence-corrected chi connectivity index (χ3v) is 4.77. The fourth-order valence-electron chi connectivity index (χ4n) is 3.55. The molecular formula is C15H22N2O7. The Morgan fingerprint density at radius 2 is 2.00 bits per heavy atom. The number of hydrogen-bond acceptors (Lipinski definition) is 7. The van der Waals surface area contributed by atoms with Crippen LogP contribution in [0.15, 0.2) is 15.8 Å². The first kappa shape index (κ1) is 17.3. The van der Waals surface area contributed by atoms with E-state index in [1.54, 1.807) is 21.1 Å². The van der Waals surface area contributed by atoms with Gasteiger partial charge in [0.15, 0.2) is 11.8 Å². The van der Waals surface area contributed by atoms with Gasteiger partial charge in [0, 0.05) is 33.1 Å². The molecule has 0 aromatic carbocycles. The van der Waals surface area contributed by atoms with E-state index in [9.17, 15) is 9.59 Å². The molecule has 2 saturated heterocycles. The van der Waals surface area contributed by atoms with Crippen molar-refractivity contribution in [3.8, 4) is 0 Å². The number of ether oxygens (including phenoxy) is 5. The highest BCUT2D eigenvalue weighted by Gasteiger charge is 2.63. The van der Waals surface area contributed by atoms with Crippen molar-refractivity contribution in [3.63, 3.8) is 0 Å². The van der Waals surface area contributed by atoms with E-state index in [-0.39, 0.29) is 12.7 Å². The van der Waals surface area contributed by atoms with Crippen molar-refractivity contribution in [2.45, 2.75) is 37.1 Å². The van der Waals surface area contributed by atoms with Gasteiger partial charge in [0.1, 0.15) is 18.3 Å². The Bertz CT molecular complexity index is 715. The van der Waals surface area contributed by atoms with Gasteiger partial charge in [0.05, 0.1) is 13.2 Å². The Hall–Kier alpha value is -1.52. The van der Waals surface area contributed by atoms with Crippen LogP contribution in [0, 0.1) is 6.92 Å². The van der Waals surface area contributed by atoms with E-state index in [1.807, 2.05) is 0 Å². The monoisotopic (exact) mass is 342 g/mol. The van der Waals surface area contributed by atoms with Crippen molar-refractivity contribution >= 4 is 0 Å². The highest BCUT2D eigenvalue weighted by atomic mass is 16.7. The third-order valence-electron chi connectivity index (χ3n) is 4.77. The van der Waals surface area contributed by atoms with Crippen molar-refractivity contribution in [2.24, 2.45) is 0 Å². The lowest BCUT2D eigenvalue weighted by Gasteiger charge is -2.32. The summed E-state index contributed by atoms with van der Waals surface area (Å²) in [6.07, 6.45) is -0.746. The van der Waals surface area contributed by atoms with E-state index >= 15 is 0 Å². The highest BCUT2D eigenvalue weighted by molar-refractivity contribution is 5.11. The Morgan fingerprint density at radius 1 is 1.25 bits per heavy atom. The molecule has 1 spiro atoms. The minimum absolute atomic E-state index is 0.261. The first-order valence-corrected chi connectivity index (χ1v) is 7.64. The molecule has 5 atom stereocenters. The molecule has 134 valence electrons. The van der Waals surface area contributed by atoms with Crippen LogP contribution in [-0.2, 0) is 23.7 Å². The summed E-state index contributed by atoms with van der Waals surface area (Å²) >= 11 is 0. The number of nitrogens with zero attached hydrogens (tertiary/aromatic N) is 1. The molecule has 1 N–H and O–H groups in total. The fraction of sp³-hybridized carbons (Fsp3) is 0.733.